The second kappa shape index (κ2) is 6.85. The number of rotatable bonds is 6. The monoisotopic (exact) mass is 335 g/mol. The fourth-order valence-electron chi connectivity index (χ4n) is 3.41. The summed E-state index contributed by atoms with van der Waals surface area (Å²) in [6.45, 7) is 8.19. The van der Waals surface area contributed by atoms with Crippen molar-refractivity contribution in [3.63, 3.8) is 0 Å². The summed E-state index contributed by atoms with van der Waals surface area (Å²) in [6, 6.07) is 9.29. The number of allylic oxidation sites excluding steroid dienone is 2. The molecule has 0 aliphatic carbocycles. The topological polar surface area (TPSA) is 51.5 Å². The van der Waals surface area contributed by atoms with E-state index in [4.69, 9.17) is 4.74 Å². The highest BCUT2D eigenvalue weighted by atomic mass is 16.5. The van der Waals surface area contributed by atoms with Crippen LogP contribution in [-0.4, -0.2) is 22.8 Å². The molecule has 0 amide bonds. The molecule has 0 fully saturated rings. The van der Waals surface area contributed by atoms with Crippen molar-refractivity contribution in [3.05, 3.63) is 66.9 Å². The van der Waals surface area contributed by atoms with E-state index in [0.29, 0.717) is 23.9 Å². The molecule has 2 aromatic carbocycles. The lowest BCUT2D eigenvalue weighted by Gasteiger charge is -2.10. The zero-order valence-electron chi connectivity index (χ0n) is 14.3. The Labute approximate surface area is 146 Å². The molecular weight excluding hydrogens is 314 g/mol. The lowest BCUT2D eigenvalue weighted by Crippen LogP contribution is -2.08. The maximum absolute atomic E-state index is 12.5. The third-order valence-electron chi connectivity index (χ3n) is 4.43. The van der Waals surface area contributed by atoms with Crippen LogP contribution in [0.5, 0.6) is 5.75 Å². The first-order valence-electron chi connectivity index (χ1n) is 8.19. The highest BCUT2D eigenvalue weighted by Crippen LogP contribution is 2.38. The number of carbonyl (C=O) groups is 1. The van der Waals surface area contributed by atoms with Gasteiger partial charge in [-0.05, 0) is 18.9 Å². The fraction of sp³-hybridized carbons (Fsp3) is 0.190. The predicted molar refractivity (Wildman–Crippen MR) is 101 cm³/mol. The van der Waals surface area contributed by atoms with Gasteiger partial charge in [0.1, 0.15) is 5.75 Å². The third-order valence-corrected chi connectivity index (χ3v) is 4.43. The number of hydrogen-bond acceptors (Lipinski definition) is 3. The standard InChI is InChI=1S/C21H21NO3/c1-4-6-11-17-19(21(24)25-3)16-13-18(23)14-9-7-8-10-15(14)20(16)22(17)12-5-2/h4-5,7-10,13,23H,1-2,6,11-12H2,3H3. The number of aromatic hydroxyl groups is 1. The highest BCUT2D eigenvalue weighted by molar-refractivity contribution is 6.16. The van der Waals surface area contributed by atoms with Gasteiger partial charge < -0.3 is 14.4 Å². The van der Waals surface area contributed by atoms with E-state index in [1.54, 1.807) is 12.1 Å². The van der Waals surface area contributed by atoms with Crippen LogP contribution in [0.1, 0.15) is 22.5 Å². The Morgan fingerprint density at radius 3 is 2.56 bits per heavy atom. The van der Waals surface area contributed by atoms with Crippen LogP contribution in [0.4, 0.5) is 0 Å². The molecule has 3 aromatic rings. The second-order valence-corrected chi connectivity index (χ2v) is 5.88. The minimum Gasteiger partial charge on any atom is -0.507 e. The van der Waals surface area contributed by atoms with E-state index in [-0.39, 0.29) is 5.75 Å². The van der Waals surface area contributed by atoms with Crippen molar-refractivity contribution in [1.29, 1.82) is 0 Å². The van der Waals surface area contributed by atoms with E-state index in [1.807, 2.05) is 30.3 Å². The summed E-state index contributed by atoms with van der Waals surface area (Å²) in [5.41, 5.74) is 2.28. The number of esters is 1. The summed E-state index contributed by atoms with van der Waals surface area (Å²) in [5, 5.41) is 12.8. The minimum atomic E-state index is -0.401. The average molecular weight is 335 g/mol. The number of ether oxygens (including phenoxy) is 1. The Kier molecular flexibility index (Phi) is 4.61. The maximum Gasteiger partial charge on any atom is 0.340 e. The number of fused-ring (bicyclic) bond motifs is 3. The van der Waals surface area contributed by atoms with Gasteiger partial charge in [0, 0.05) is 28.4 Å². The average Bonchev–Trinajstić information content (AvgIpc) is 2.93. The molecule has 1 heterocycles. The van der Waals surface area contributed by atoms with Gasteiger partial charge in [-0.25, -0.2) is 4.79 Å². The summed E-state index contributed by atoms with van der Waals surface area (Å²) in [5.74, 6) is -0.249. The number of carbonyl (C=O) groups excluding carboxylic acids is 1. The number of methoxy groups -OCH3 is 1. The van der Waals surface area contributed by atoms with Crippen molar-refractivity contribution in [1.82, 2.24) is 4.57 Å². The van der Waals surface area contributed by atoms with Crippen LogP contribution in [0.3, 0.4) is 0 Å². The number of phenols is 1. The Bertz CT molecular complexity index is 982. The van der Waals surface area contributed by atoms with Crippen LogP contribution in [0, 0.1) is 0 Å². The van der Waals surface area contributed by atoms with Crippen LogP contribution >= 0.6 is 0 Å². The molecule has 0 spiro atoms. The quantitative estimate of drug-likeness (QED) is 0.529. The lowest BCUT2D eigenvalue weighted by atomic mass is 10.0. The van der Waals surface area contributed by atoms with E-state index < -0.39 is 5.97 Å². The molecular formula is C21H21NO3. The molecule has 128 valence electrons. The highest BCUT2D eigenvalue weighted by Gasteiger charge is 2.24. The van der Waals surface area contributed by atoms with Crippen molar-refractivity contribution in [2.24, 2.45) is 0 Å². The molecule has 0 saturated carbocycles. The summed E-state index contributed by atoms with van der Waals surface area (Å²) < 4.78 is 7.11. The Morgan fingerprint density at radius 2 is 1.92 bits per heavy atom. The van der Waals surface area contributed by atoms with E-state index >= 15 is 0 Å². The molecule has 3 rings (SSSR count). The van der Waals surface area contributed by atoms with Gasteiger partial charge in [-0.3, -0.25) is 0 Å². The van der Waals surface area contributed by atoms with E-state index in [0.717, 1.165) is 28.4 Å². The fourth-order valence-corrected chi connectivity index (χ4v) is 3.41. The molecule has 4 nitrogen and oxygen atoms in total. The molecule has 4 heteroatoms. The maximum atomic E-state index is 12.5. The molecule has 0 aliphatic rings. The van der Waals surface area contributed by atoms with Crippen molar-refractivity contribution in [2.75, 3.05) is 7.11 Å². The van der Waals surface area contributed by atoms with Gasteiger partial charge in [0.2, 0.25) is 0 Å². The number of hydrogen-bond donors (Lipinski definition) is 1. The van der Waals surface area contributed by atoms with E-state index in [2.05, 4.69) is 17.7 Å². The predicted octanol–water partition coefficient (Wildman–Crippen LogP) is 4.59. The van der Waals surface area contributed by atoms with Crippen LogP contribution in [0.2, 0.25) is 0 Å². The molecule has 0 saturated heterocycles. The number of phenolic OH excluding ortho intramolecular Hbond substituents is 1. The van der Waals surface area contributed by atoms with Gasteiger partial charge in [0.15, 0.2) is 0 Å². The largest absolute Gasteiger partial charge is 0.507 e. The number of benzene rings is 2. The molecule has 0 bridgehead atoms. The molecule has 1 N–H and O–H groups in total. The first-order valence-corrected chi connectivity index (χ1v) is 8.19. The van der Waals surface area contributed by atoms with Crippen molar-refractivity contribution in [3.8, 4) is 5.75 Å². The number of aromatic nitrogens is 1. The van der Waals surface area contributed by atoms with Crippen LogP contribution in [0.15, 0.2) is 55.6 Å². The van der Waals surface area contributed by atoms with Gasteiger partial charge in [-0.2, -0.15) is 0 Å². The zero-order chi connectivity index (χ0) is 18.0. The Balaban J connectivity index is 2.51. The Hall–Kier alpha value is -3.01. The van der Waals surface area contributed by atoms with Crippen LogP contribution in [0.25, 0.3) is 21.7 Å². The lowest BCUT2D eigenvalue weighted by molar-refractivity contribution is 0.0601. The molecule has 25 heavy (non-hydrogen) atoms. The first kappa shape index (κ1) is 16.8. The van der Waals surface area contributed by atoms with Gasteiger partial charge in [0.05, 0.1) is 18.2 Å². The normalized spacial score (nSPS) is 10.9. The van der Waals surface area contributed by atoms with Gasteiger partial charge in [0.25, 0.3) is 0 Å². The SMILES string of the molecule is C=CCCc1c(C(=O)OC)c2cc(O)c3ccccc3c2n1CC=C. The molecule has 0 atom stereocenters. The summed E-state index contributed by atoms with van der Waals surface area (Å²) in [6.07, 6.45) is 5.03. The summed E-state index contributed by atoms with van der Waals surface area (Å²) in [7, 11) is 1.37. The van der Waals surface area contributed by atoms with E-state index in [1.165, 1.54) is 7.11 Å². The molecule has 0 radical (unpaired) electrons. The second-order valence-electron chi connectivity index (χ2n) is 5.88. The Morgan fingerprint density at radius 1 is 1.20 bits per heavy atom. The van der Waals surface area contributed by atoms with Crippen molar-refractivity contribution in [2.45, 2.75) is 19.4 Å². The number of nitrogens with zero attached hydrogens (tertiary/aromatic N) is 1. The summed E-state index contributed by atoms with van der Waals surface area (Å²) >= 11 is 0. The minimum absolute atomic E-state index is 0.152. The van der Waals surface area contributed by atoms with Gasteiger partial charge >= 0.3 is 5.97 Å². The van der Waals surface area contributed by atoms with Crippen molar-refractivity contribution >= 4 is 27.6 Å². The molecule has 0 unspecified atom stereocenters. The third kappa shape index (κ3) is 2.70. The molecule has 1 aromatic heterocycles. The van der Waals surface area contributed by atoms with Gasteiger partial charge in [-0.1, -0.05) is 36.4 Å². The summed E-state index contributed by atoms with van der Waals surface area (Å²) in [4.78, 5) is 12.5. The van der Waals surface area contributed by atoms with Crippen LogP contribution < -0.4 is 0 Å². The van der Waals surface area contributed by atoms with Crippen molar-refractivity contribution < 1.29 is 14.6 Å². The zero-order valence-corrected chi connectivity index (χ0v) is 14.3. The van der Waals surface area contributed by atoms with Gasteiger partial charge in [-0.15, -0.1) is 13.2 Å². The molecule has 0 aliphatic heterocycles. The first-order chi connectivity index (χ1) is 12.1. The smallest absolute Gasteiger partial charge is 0.340 e. The van der Waals surface area contributed by atoms with E-state index in [9.17, 15) is 9.90 Å². The van der Waals surface area contributed by atoms with Crippen LogP contribution in [-0.2, 0) is 17.7 Å².